The molecule has 0 saturated heterocycles. The fourth-order valence-electron chi connectivity index (χ4n) is 8.65. The lowest BCUT2D eigenvalue weighted by atomic mass is 9.83. The number of ether oxygens (including phenoxy) is 10. The fourth-order valence-corrected chi connectivity index (χ4v) is 9.15. The van der Waals surface area contributed by atoms with Gasteiger partial charge in [0, 0.05) is 66.7 Å². The summed E-state index contributed by atoms with van der Waals surface area (Å²) in [7, 11) is -1.17. The minimum Gasteiger partial charge on any atom is -0.481 e. The Bertz CT molecular complexity index is 2510. The summed E-state index contributed by atoms with van der Waals surface area (Å²) in [5, 5.41) is 10.1. The van der Waals surface area contributed by atoms with E-state index >= 15 is 0 Å². The van der Waals surface area contributed by atoms with Crippen molar-refractivity contribution in [1.82, 2.24) is 4.58 Å². The quantitative estimate of drug-likeness (QED) is 0.0258. The van der Waals surface area contributed by atoms with E-state index in [1.807, 2.05) is 50.3 Å². The Hall–Kier alpha value is -4.87. The number of hydrogen-bond donors (Lipinski definition) is 2. The number of aliphatic carboxylic acids is 1. The number of benzene rings is 3. The summed E-state index contributed by atoms with van der Waals surface area (Å²) in [6, 6.07) is 20.9. The molecule has 0 unspecified atom stereocenters. The van der Waals surface area contributed by atoms with Crippen molar-refractivity contribution in [3.8, 4) is 22.6 Å². The average Bonchev–Trinajstić information content (AvgIpc) is 3.65. The van der Waals surface area contributed by atoms with Crippen molar-refractivity contribution in [1.29, 1.82) is 0 Å². The van der Waals surface area contributed by atoms with Crippen molar-refractivity contribution >= 4 is 27.9 Å². The molecule has 0 saturated carbocycles. The predicted molar refractivity (Wildman–Crippen MR) is 291 cm³/mol. The van der Waals surface area contributed by atoms with Gasteiger partial charge in [0.2, 0.25) is 5.36 Å². The average molecular weight is 1080 g/mol. The number of rotatable bonds is 40. The van der Waals surface area contributed by atoms with E-state index in [1.165, 1.54) is 6.07 Å². The minimum atomic E-state index is -4.44. The molecule has 1 aliphatic carbocycles. The van der Waals surface area contributed by atoms with Gasteiger partial charge in [-0.15, -0.1) is 0 Å². The molecule has 2 N–H and O–H groups in total. The van der Waals surface area contributed by atoms with E-state index in [4.69, 9.17) is 51.8 Å². The number of nitrogens with zero attached hydrogens (tertiary/aromatic N) is 2. The monoisotopic (exact) mass is 1080 g/mol. The van der Waals surface area contributed by atoms with Gasteiger partial charge in [-0.25, -0.2) is 4.58 Å². The zero-order chi connectivity index (χ0) is 54.4. The second-order valence-electron chi connectivity index (χ2n) is 18.4. The number of fused-ring (bicyclic) bond motifs is 2. The zero-order valence-corrected chi connectivity index (χ0v) is 46.0. The van der Waals surface area contributed by atoms with Gasteiger partial charge >= 0.3 is 5.97 Å². The van der Waals surface area contributed by atoms with Crippen LogP contribution in [-0.2, 0) is 67.7 Å². The number of hydrogen-bond acceptors (Lipinski definition) is 15. The van der Waals surface area contributed by atoms with Crippen molar-refractivity contribution in [3.05, 3.63) is 107 Å². The number of methoxy groups -OCH3 is 2. The van der Waals surface area contributed by atoms with Gasteiger partial charge in [-0.2, -0.15) is 8.42 Å². The Morgan fingerprint density at radius 2 is 1.20 bits per heavy atom. The number of unbranched alkanes of at least 4 members (excludes halogenated alkanes) is 2. The van der Waals surface area contributed by atoms with Crippen LogP contribution >= 0.6 is 0 Å². The summed E-state index contributed by atoms with van der Waals surface area (Å²) in [4.78, 5) is 13.2. The van der Waals surface area contributed by atoms with E-state index in [9.17, 15) is 22.9 Å². The maximum absolute atomic E-state index is 12.3. The normalized spacial score (nSPS) is 13.9. The standard InChI is InChI=1S/C57H80N2O16S/c1-45-49(15-12-16-54-57(2,3)51-44-48(76(62,63)64)19-21-52(51)59(54)22-11-7-10-17-55(60)61)50-20-18-47(43-53(50)75-56(45)46-13-8-6-9-14-46)58(23-25-67-31-33-71-39-41-73-37-35-69-29-27-65-4)24-26-68-32-34-72-40-42-74-38-36-70-30-28-66-5/h6,8-9,12-16,18-21,43-44H,7,10-11,17,22-42H2,1-5H3,(H-,60,61,62,63,64)/p+1. The molecular weight excluding hydrogens is 1000 g/mol. The maximum atomic E-state index is 12.3. The molecule has 0 aromatic heterocycles. The van der Waals surface area contributed by atoms with Crippen LogP contribution in [0.1, 0.15) is 56.2 Å². The Kier molecular flexibility index (Phi) is 27.8. The molecule has 0 spiro atoms. The summed E-state index contributed by atoms with van der Waals surface area (Å²) in [6.45, 7) is 16.4. The Morgan fingerprint density at radius 3 is 1.71 bits per heavy atom. The first-order valence-corrected chi connectivity index (χ1v) is 27.6. The molecule has 5 rings (SSSR count). The van der Waals surface area contributed by atoms with Gasteiger partial charge in [-0.05, 0) is 61.2 Å². The number of carbonyl (C=O) groups is 1. The van der Waals surface area contributed by atoms with Crippen LogP contribution in [-0.4, -0.2) is 177 Å². The largest absolute Gasteiger partial charge is 0.481 e. The molecule has 0 amide bonds. The molecule has 0 atom stereocenters. The first kappa shape index (κ1) is 62.0. The third-order valence-electron chi connectivity index (χ3n) is 12.7. The second-order valence-corrected chi connectivity index (χ2v) is 19.9. The minimum absolute atomic E-state index is 0.0954. The molecule has 2 heterocycles. The number of anilines is 1. The van der Waals surface area contributed by atoms with Crippen molar-refractivity contribution in [3.63, 3.8) is 0 Å². The van der Waals surface area contributed by atoms with Crippen molar-refractivity contribution in [2.45, 2.75) is 56.8 Å². The van der Waals surface area contributed by atoms with Crippen LogP contribution in [0, 0.1) is 6.92 Å². The van der Waals surface area contributed by atoms with E-state index in [1.54, 1.807) is 26.4 Å². The smallest absolute Gasteiger partial charge is 0.303 e. The highest BCUT2D eigenvalue weighted by Crippen LogP contribution is 2.49. The van der Waals surface area contributed by atoms with Crippen LogP contribution in [0.3, 0.4) is 0 Å². The second kappa shape index (κ2) is 34.1. The topological polar surface area (TPSA) is 203 Å². The Labute approximate surface area is 449 Å². The van der Waals surface area contributed by atoms with Crippen LogP contribution in [0.2, 0.25) is 0 Å². The van der Waals surface area contributed by atoms with Gasteiger partial charge in [0.15, 0.2) is 13.1 Å². The highest BCUT2D eigenvalue weighted by Gasteiger charge is 2.40. The van der Waals surface area contributed by atoms with Crippen LogP contribution < -0.4 is 14.8 Å². The van der Waals surface area contributed by atoms with Gasteiger partial charge in [-0.1, -0.05) is 62.8 Å². The third kappa shape index (κ3) is 20.5. The molecule has 0 fully saturated rings. The SMILES string of the molecule is COCCOCCOCCOCCOCC[N+](CCOCCOCCOCCOCCOC)=c1ccc2c(C=CC=C3N(CCCCCC(=O)O)c4ccc(S(=O)(=O)O)cc4C3(C)C)c(C)c(-c3ccccc3)oc-2c1. The maximum Gasteiger partial charge on any atom is 0.303 e. The van der Waals surface area contributed by atoms with Gasteiger partial charge < -0.3 is 61.8 Å². The highest BCUT2D eigenvalue weighted by atomic mass is 32.2. The van der Waals surface area contributed by atoms with E-state index in [-0.39, 0.29) is 11.3 Å². The van der Waals surface area contributed by atoms with E-state index in [2.05, 4.69) is 46.8 Å². The highest BCUT2D eigenvalue weighted by molar-refractivity contribution is 7.85. The molecule has 2 aliphatic heterocycles. The fraction of sp³-hybridized carbons (Fsp3) is 0.544. The molecule has 76 heavy (non-hydrogen) atoms. The molecule has 18 nitrogen and oxygen atoms in total. The molecular formula is C57H81N2O16S+. The van der Waals surface area contributed by atoms with Gasteiger partial charge in [0.05, 0.1) is 117 Å². The number of carboxylic acids is 1. The van der Waals surface area contributed by atoms with Crippen LogP contribution in [0.4, 0.5) is 5.69 Å². The summed E-state index contributed by atoms with van der Waals surface area (Å²) in [5.74, 6) is 0.587. The van der Waals surface area contributed by atoms with Crippen molar-refractivity contribution in [2.24, 2.45) is 0 Å². The first-order chi connectivity index (χ1) is 36.9. The number of allylic oxidation sites excluding steroid dienone is 3. The van der Waals surface area contributed by atoms with Gasteiger partial charge in [-0.3, -0.25) is 9.35 Å². The molecule has 0 bridgehead atoms. The first-order valence-electron chi connectivity index (χ1n) is 26.2. The summed E-state index contributed by atoms with van der Waals surface area (Å²) in [6.07, 6.45) is 8.24. The lowest BCUT2D eigenvalue weighted by Gasteiger charge is -2.27. The Balaban J connectivity index is 1.37. The summed E-state index contributed by atoms with van der Waals surface area (Å²) < 4.78 is 99.1. The van der Waals surface area contributed by atoms with E-state index in [0.717, 1.165) is 56.7 Å². The number of carboxylic acid groups (broad SMARTS) is 1. The van der Waals surface area contributed by atoms with E-state index < -0.39 is 21.5 Å². The molecule has 2 aromatic carbocycles. The molecule has 0 radical (unpaired) electrons. The summed E-state index contributed by atoms with van der Waals surface area (Å²) in [5.41, 5.74) is 5.64. The lowest BCUT2D eigenvalue weighted by Crippen LogP contribution is -2.36. The van der Waals surface area contributed by atoms with E-state index in [0.29, 0.717) is 157 Å². The van der Waals surface area contributed by atoms with Gasteiger partial charge in [0.25, 0.3) is 10.1 Å². The van der Waals surface area contributed by atoms with Crippen LogP contribution in [0.25, 0.3) is 28.7 Å². The molecule has 2 aromatic rings. The van der Waals surface area contributed by atoms with Crippen molar-refractivity contribution < 1.29 is 74.7 Å². The third-order valence-corrected chi connectivity index (χ3v) is 13.5. The van der Waals surface area contributed by atoms with Crippen molar-refractivity contribution in [2.75, 3.05) is 158 Å². The summed E-state index contributed by atoms with van der Waals surface area (Å²) >= 11 is 0. The van der Waals surface area contributed by atoms with Gasteiger partial charge in [0.1, 0.15) is 24.7 Å². The lowest BCUT2D eigenvalue weighted by molar-refractivity contribution is -0.137. The molecule has 420 valence electrons. The Morgan fingerprint density at radius 1 is 0.671 bits per heavy atom. The molecule has 3 aliphatic rings. The zero-order valence-electron chi connectivity index (χ0n) is 45.2. The predicted octanol–water partition coefficient (Wildman–Crippen LogP) is 7.14. The van der Waals surface area contributed by atoms with Crippen LogP contribution in [0.5, 0.6) is 0 Å². The molecule has 19 heteroatoms. The van der Waals surface area contributed by atoms with Crippen LogP contribution in [0.15, 0.2) is 93.9 Å².